The predicted molar refractivity (Wildman–Crippen MR) is 80.8 cm³/mol. The zero-order valence-corrected chi connectivity index (χ0v) is 12.3. The van der Waals surface area contributed by atoms with Gasteiger partial charge in [-0.15, -0.1) is 0 Å². The molecular formula is C16H22N2O2. The van der Waals surface area contributed by atoms with Crippen LogP contribution in [0.3, 0.4) is 0 Å². The zero-order valence-electron chi connectivity index (χ0n) is 12.3. The number of benzene rings is 1. The molecule has 0 saturated carbocycles. The molecule has 2 N–H and O–H groups in total. The Hall–Kier alpha value is -1.94. The molecule has 1 atom stereocenters. The molecule has 0 aliphatic rings. The van der Waals surface area contributed by atoms with Gasteiger partial charge in [0.15, 0.2) is 0 Å². The average molecular weight is 274 g/mol. The number of rotatable bonds is 6. The van der Waals surface area contributed by atoms with Crippen molar-refractivity contribution in [3.8, 4) is 5.75 Å². The maximum atomic E-state index is 9.94. The van der Waals surface area contributed by atoms with E-state index in [0.29, 0.717) is 6.54 Å². The molecule has 4 nitrogen and oxygen atoms in total. The minimum absolute atomic E-state index is 0.273. The van der Waals surface area contributed by atoms with Crippen LogP contribution < -0.4 is 10.2 Å². The molecule has 2 aromatic rings. The fourth-order valence-electron chi connectivity index (χ4n) is 2.00. The van der Waals surface area contributed by atoms with Gasteiger partial charge in [-0.25, -0.2) is 0 Å². The number of aliphatic hydroxyl groups excluding tert-OH is 1. The summed E-state index contributed by atoms with van der Waals surface area (Å²) in [5.41, 5.74) is 6.62. The third-order valence-corrected chi connectivity index (χ3v) is 3.22. The number of hydrogen-bond acceptors (Lipinski definition) is 3. The molecule has 2 rings (SSSR count). The van der Waals surface area contributed by atoms with Gasteiger partial charge < -0.3 is 15.3 Å². The maximum absolute atomic E-state index is 9.94. The van der Waals surface area contributed by atoms with Crippen LogP contribution in [-0.4, -0.2) is 29.0 Å². The first-order chi connectivity index (χ1) is 9.56. The Morgan fingerprint density at radius 3 is 2.25 bits per heavy atom. The molecule has 1 heterocycles. The Morgan fingerprint density at radius 2 is 1.65 bits per heavy atom. The van der Waals surface area contributed by atoms with Gasteiger partial charge in [0.1, 0.15) is 18.5 Å². The van der Waals surface area contributed by atoms with Gasteiger partial charge in [-0.3, -0.25) is 4.68 Å². The summed E-state index contributed by atoms with van der Waals surface area (Å²) in [6.07, 6.45) is -0.558. The van der Waals surface area contributed by atoms with Gasteiger partial charge in [0.25, 0.3) is 0 Å². The van der Waals surface area contributed by atoms with Crippen molar-refractivity contribution in [2.75, 3.05) is 18.6 Å². The molecule has 108 valence electrons. The maximum Gasteiger partial charge on any atom is 0.119 e. The molecule has 4 heteroatoms. The van der Waals surface area contributed by atoms with Gasteiger partial charge in [-0.05, 0) is 45.0 Å². The minimum atomic E-state index is -0.558. The molecule has 0 fully saturated rings. The number of hydrogen-bond donors (Lipinski definition) is 2. The van der Waals surface area contributed by atoms with Crippen LogP contribution in [0.5, 0.6) is 5.75 Å². The van der Waals surface area contributed by atoms with Crippen molar-refractivity contribution in [3.63, 3.8) is 0 Å². The first kappa shape index (κ1) is 14.5. The van der Waals surface area contributed by atoms with E-state index in [1.165, 1.54) is 5.56 Å². The highest BCUT2D eigenvalue weighted by Crippen LogP contribution is 2.11. The van der Waals surface area contributed by atoms with Gasteiger partial charge in [0.05, 0.1) is 6.54 Å². The van der Waals surface area contributed by atoms with Crippen LogP contribution in [0.25, 0.3) is 0 Å². The lowest BCUT2D eigenvalue weighted by Crippen LogP contribution is -2.31. The molecule has 0 saturated heterocycles. The smallest absolute Gasteiger partial charge is 0.119 e. The van der Waals surface area contributed by atoms with Crippen LogP contribution in [0.2, 0.25) is 0 Å². The second kappa shape index (κ2) is 6.48. The summed E-state index contributed by atoms with van der Waals surface area (Å²) >= 11 is 0. The second-order valence-corrected chi connectivity index (χ2v) is 5.09. The van der Waals surface area contributed by atoms with Crippen molar-refractivity contribution in [1.29, 1.82) is 0 Å². The molecule has 1 aromatic carbocycles. The van der Waals surface area contributed by atoms with Crippen LogP contribution in [0, 0.1) is 20.8 Å². The largest absolute Gasteiger partial charge is 0.491 e. The van der Waals surface area contributed by atoms with E-state index in [4.69, 9.17) is 4.74 Å². The van der Waals surface area contributed by atoms with Gasteiger partial charge in [-0.2, -0.15) is 0 Å². The number of nitrogens with one attached hydrogen (secondary N) is 1. The van der Waals surface area contributed by atoms with Gasteiger partial charge >= 0.3 is 0 Å². The fraction of sp³-hybridized carbons (Fsp3) is 0.375. The van der Waals surface area contributed by atoms with E-state index in [9.17, 15) is 5.11 Å². The normalized spacial score (nSPS) is 12.2. The van der Waals surface area contributed by atoms with E-state index < -0.39 is 6.10 Å². The van der Waals surface area contributed by atoms with Gasteiger partial charge in [0.2, 0.25) is 0 Å². The predicted octanol–water partition coefficient (Wildman–Crippen LogP) is 2.40. The summed E-state index contributed by atoms with van der Waals surface area (Å²) in [6.45, 7) is 6.80. The van der Waals surface area contributed by atoms with Crippen molar-refractivity contribution in [2.24, 2.45) is 0 Å². The molecule has 0 aliphatic carbocycles. The lowest BCUT2D eigenvalue weighted by Gasteiger charge is -2.17. The second-order valence-electron chi connectivity index (χ2n) is 5.09. The molecule has 0 bridgehead atoms. The van der Waals surface area contributed by atoms with E-state index in [0.717, 1.165) is 17.1 Å². The van der Waals surface area contributed by atoms with E-state index >= 15 is 0 Å². The average Bonchev–Trinajstić information content (AvgIpc) is 2.75. The number of ether oxygens (including phenoxy) is 1. The van der Waals surface area contributed by atoms with Crippen molar-refractivity contribution >= 4 is 0 Å². The fourth-order valence-corrected chi connectivity index (χ4v) is 2.00. The summed E-state index contributed by atoms with van der Waals surface area (Å²) in [6, 6.07) is 11.9. The van der Waals surface area contributed by atoms with Crippen LogP contribution >= 0.6 is 0 Å². The minimum Gasteiger partial charge on any atom is -0.491 e. The van der Waals surface area contributed by atoms with Crippen LogP contribution in [0.1, 0.15) is 17.0 Å². The van der Waals surface area contributed by atoms with Crippen molar-refractivity contribution < 1.29 is 9.84 Å². The van der Waals surface area contributed by atoms with Crippen LogP contribution in [0.15, 0.2) is 36.4 Å². The van der Waals surface area contributed by atoms with Crippen molar-refractivity contribution in [1.82, 2.24) is 4.68 Å². The Labute approximate surface area is 120 Å². The van der Waals surface area contributed by atoms with Crippen LogP contribution in [0.4, 0.5) is 0 Å². The molecule has 20 heavy (non-hydrogen) atoms. The molecule has 0 radical (unpaired) electrons. The number of aryl methyl sites for hydroxylation is 3. The third kappa shape index (κ3) is 3.78. The summed E-state index contributed by atoms with van der Waals surface area (Å²) < 4.78 is 7.52. The first-order valence-electron chi connectivity index (χ1n) is 6.82. The van der Waals surface area contributed by atoms with Gasteiger partial charge in [0, 0.05) is 11.4 Å². The highest BCUT2D eigenvalue weighted by molar-refractivity contribution is 5.26. The Kier molecular flexibility index (Phi) is 4.69. The third-order valence-electron chi connectivity index (χ3n) is 3.22. The highest BCUT2D eigenvalue weighted by atomic mass is 16.5. The highest BCUT2D eigenvalue weighted by Gasteiger charge is 2.07. The van der Waals surface area contributed by atoms with Crippen LogP contribution in [-0.2, 0) is 0 Å². The van der Waals surface area contributed by atoms with Crippen molar-refractivity contribution in [3.05, 3.63) is 53.3 Å². The molecule has 1 unspecified atom stereocenters. The molecule has 0 amide bonds. The summed E-state index contributed by atoms with van der Waals surface area (Å²) in [5, 5.41) is 9.94. The summed E-state index contributed by atoms with van der Waals surface area (Å²) in [7, 11) is 0. The number of nitrogens with zero attached hydrogens (tertiary/aromatic N) is 1. The molecule has 0 aliphatic heterocycles. The lowest BCUT2D eigenvalue weighted by molar-refractivity contribution is 0.115. The zero-order chi connectivity index (χ0) is 14.5. The lowest BCUT2D eigenvalue weighted by atomic mass is 10.2. The summed E-state index contributed by atoms with van der Waals surface area (Å²) in [5.74, 6) is 0.781. The number of aliphatic hydroxyl groups is 1. The molecule has 0 spiro atoms. The Bertz CT molecular complexity index is 527. The molecule has 1 aromatic heterocycles. The van der Waals surface area contributed by atoms with E-state index in [-0.39, 0.29) is 6.61 Å². The standard InChI is InChI=1S/C16H22N2O2/c1-12-4-8-16(9-5-12)20-11-15(19)10-17-18-13(2)6-7-14(18)3/h4-9,15,17,19H,10-11H2,1-3H3. The first-order valence-corrected chi connectivity index (χ1v) is 6.82. The summed E-state index contributed by atoms with van der Waals surface area (Å²) in [4.78, 5) is 0. The van der Waals surface area contributed by atoms with Crippen molar-refractivity contribution in [2.45, 2.75) is 26.9 Å². The topological polar surface area (TPSA) is 46.4 Å². The van der Waals surface area contributed by atoms with E-state index in [2.05, 4.69) is 5.43 Å². The van der Waals surface area contributed by atoms with Gasteiger partial charge in [-0.1, -0.05) is 17.7 Å². The Balaban J connectivity index is 1.78. The number of aromatic nitrogens is 1. The SMILES string of the molecule is Cc1ccc(OCC(O)CNn2c(C)ccc2C)cc1. The molecular weight excluding hydrogens is 252 g/mol. The quantitative estimate of drug-likeness (QED) is 0.850. The Morgan fingerprint density at radius 1 is 1.05 bits per heavy atom. The monoisotopic (exact) mass is 274 g/mol. The van der Waals surface area contributed by atoms with E-state index in [1.807, 2.05) is 61.8 Å². The van der Waals surface area contributed by atoms with E-state index in [1.54, 1.807) is 0 Å².